The first kappa shape index (κ1) is 19.5. The minimum atomic E-state index is 0.491. The lowest BCUT2D eigenvalue weighted by Crippen LogP contribution is -2.50. The van der Waals surface area contributed by atoms with Gasteiger partial charge in [-0.3, -0.25) is 4.99 Å². The van der Waals surface area contributed by atoms with Crippen molar-refractivity contribution in [2.75, 3.05) is 33.3 Å². The molecule has 1 aliphatic heterocycles. The molecule has 0 amide bonds. The highest BCUT2D eigenvalue weighted by Gasteiger charge is 2.21. The summed E-state index contributed by atoms with van der Waals surface area (Å²) < 4.78 is 5.99. The second-order valence-corrected chi connectivity index (χ2v) is 7.37. The Labute approximate surface area is 162 Å². The predicted octanol–water partition coefficient (Wildman–Crippen LogP) is 3.26. The number of ether oxygens (including phenoxy) is 1. The van der Waals surface area contributed by atoms with Gasteiger partial charge in [-0.05, 0) is 38.1 Å². The van der Waals surface area contributed by atoms with Crippen LogP contribution in [0.25, 0.3) is 10.8 Å². The van der Waals surface area contributed by atoms with Crippen molar-refractivity contribution in [3.05, 3.63) is 42.5 Å². The summed E-state index contributed by atoms with van der Waals surface area (Å²) in [5.41, 5.74) is 0. The average Bonchev–Trinajstić information content (AvgIpc) is 2.70. The van der Waals surface area contributed by atoms with Gasteiger partial charge >= 0.3 is 0 Å². The highest BCUT2D eigenvalue weighted by molar-refractivity contribution is 5.88. The van der Waals surface area contributed by atoms with E-state index in [-0.39, 0.29) is 0 Å². The Bertz CT molecular complexity index is 746. The largest absolute Gasteiger partial charge is 0.491 e. The van der Waals surface area contributed by atoms with Crippen LogP contribution in [-0.4, -0.2) is 56.2 Å². The van der Waals surface area contributed by atoms with Gasteiger partial charge in [0, 0.05) is 37.6 Å². The Balaban J connectivity index is 1.42. The first-order valence-electron chi connectivity index (χ1n) is 9.99. The molecule has 0 radical (unpaired) electrons. The molecule has 1 aliphatic rings. The van der Waals surface area contributed by atoms with Crippen molar-refractivity contribution in [1.29, 1.82) is 0 Å². The van der Waals surface area contributed by atoms with Crippen LogP contribution in [0.4, 0.5) is 0 Å². The third-order valence-electron chi connectivity index (χ3n) is 5.23. The maximum atomic E-state index is 5.99. The van der Waals surface area contributed by atoms with E-state index in [4.69, 9.17) is 4.74 Å². The number of guanidine groups is 1. The Morgan fingerprint density at radius 2 is 1.89 bits per heavy atom. The fourth-order valence-electron chi connectivity index (χ4n) is 3.60. The number of nitrogens with zero attached hydrogens (tertiary/aromatic N) is 2. The summed E-state index contributed by atoms with van der Waals surface area (Å²) in [7, 11) is 1.82. The SMILES string of the molecule is CN=C(NCCOc1cccc2ccccc12)NC1CCN(C(C)C)CC1. The van der Waals surface area contributed by atoms with Crippen molar-refractivity contribution < 1.29 is 4.74 Å². The molecule has 5 nitrogen and oxygen atoms in total. The first-order chi connectivity index (χ1) is 13.2. The molecule has 146 valence electrons. The summed E-state index contributed by atoms with van der Waals surface area (Å²) in [6.45, 7) is 8.15. The van der Waals surface area contributed by atoms with Crippen LogP contribution in [0.2, 0.25) is 0 Å². The van der Waals surface area contributed by atoms with E-state index < -0.39 is 0 Å². The summed E-state index contributed by atoms with van der Waals surface area (Å²) in [5, 5.41) is 9.27. The van der Waals surface area contributed by atoms with Gasteiger partial charge in [0.1, 0.15) is 12.4 Å². The van der Waals surface area contributed by atoms with Crippen molar-refractivity contribution in [2.24, 2.45) is 4.99 Å². The number of nitrogens with one attached hydrogen (secondary N) is 2. The fourth-order valence-corrected chi connectivity index (χ4v) is 3.60. The van der Waals surface area contributed by atoms with Crippen LogP contribution in [0.3, 0.4) is 0 Å². The van der Waals surface area contributed by atoms with Crippen molar-refractivity contribution in [3.63, 3.8) is 0 Å². The van der Waals surface area contributed by atoms with Gasteiger partial charge in [-0.15, -0.1) is 0 Å². The Morgan fingerprint density at radius 3 is 2.63 bits per heavy atom. The maximum Gasteiger partial charge on any atom is 0.191 e. The number of piperidine rings is 1. The van der Waals surface area contributed by atoms with E-state index in [1.165, 1.54) is 5.39 Å². The van der Waals surface area contributed by atoms with E-state index in [0.29, 0.717) is 25.2 Å². The van der Waals surface area contributed by atoms with Crippen molar-refractivity contribution in [1.82, 2.24) is 15.5 Å². The van der Waals surface area contributed by atoms with E-state index in [1.54, 1.807) is 0 Å². The molecule has 1 heterocycles. The zero-order chi connectivity index (χ0) is 19.1. The van der Waals surface area contributed by atoms with Crippen molar-refractivity contribution in [2.45, 2.75) is 38.8 Å². The lowest BCUT2D eigenvalue weighted by Gasteiger charge is -2.35. The molecule has 1 saturated heterocycles. The van der Waals surface area contributed by atoms with Crippen molar-refractivity contribution in [3.8, 4) is 5.75 Å². The van der Waals surface area contributed by atoms with Crippen LogP contribution in [-0.2, 0) is 0 Å². The summed E-state index contributed by atoms with van der Waals surface area (Å²) >= 11 is 0. The molecule has 2 aromatic rings. The molecule has 1 fully saturated rings. The summed E-state index contributed by atoms with van der Waals surface area (Å²) in [6, 6.07) is 15.6. The lowest BCUT2D eigenvalue weighted by molar-refractivity contribution is 0.167. The van der Waals surface area contributed by atoms with Crippen LogP contribution in [0.5, 0.6) is 5.75 Å². The summed E-state index contributed by atoms with van der Waals surface area (Å²) in [6.07, 6.45) is 2.32. The van der Waals surface area contributed by atoms with E-state index in [1.807, 2.05) is 25.2 Å². The van der Waals surface area contributed by atoms with E-state index >= 15 is 0 Å². The molecule has 0 saturated carbocycles. The zero-order valence-corrected chi connectivity index (χ0v) is 16.7. The predicted molar refractivity (Wildman–Crippen MR) is 114 cm³/mol. The van der Waals surface area contributed by atoms with Gasteiger partial charge < -0.3 is 20.3 Å². The molecule has 0 unspecified atom stereocenters. The standard InChI is InChI=1S/C22H32N4O/c1-17(2)26-14-11-19(12-15-26)25-22(23-3)24-13-16-27-21-10-6-8-18-7-4-5-9-20(18)21/h4-10,17,19H,11-16H2,1-3H3,(H2,23,24,25). The molecular formula is C22H32N4O. The number of fused-ring (bicyclic) bond motifs is 1. The van der Waals surface area contributed by atoms with E-state index in [9.17, 15) is 0 Å². The lowest BCUT2D eigenvalue weighted by atomic mass is 10.0. The summed E-state index contributed by atoms with van der Waals surface area (Å²) in [4.78, 5) is 6.89. The van der Waals surface area contributed by atoms with Crippen LogP contribution >= 0.6 is 0 Å². The molecule has 0 atom stereocenters. The quantitative estimate of drug-likeness (QED) is 0.467. The van der Waals surface area contributed by atoms with Gasteiger partial charge in [0.2, 0.25) is 0 Å². The number of likely N-dealkylation sites (tertiary alicyclic amines) is 1. The molecule has 2 aromatic carbocycles. The molecular weight excluding hydrogens is 336 g/mol. The van der Waals surface area contributed by atoms with Gasteiger partial charge in [-0.2, -0.15) is 0 Å². The van der Waals surface area contributed by atoms with Gasteiger partial charge in [0.25, 0.3) is 0 Å². The molecule has 0 spiro atoms. The molecule has 2 N–H and O–H groups in total. The van der Waals surface area contributed by atoms with Gasteiger partial charge in [0.05, 0.1) is 6.54 Å². The number of rotatable bonds is 6. The van der Waals surface area contributed by atoms with Gasteiger partial charge in [-0.25, -0.2) is 0 Å². The monoisotopic (exact) mass is 368 g/mol. The fraction of sp³-hybridized carbons (Fsp3) is 0.500. The Hall–Kier alpha value is -2.27. The maximum absolute atomic E-state index is 5.99. The number of benzene rings is 2. The van der Waals surface area contributed by atoms with Gasteiger partial charge in [-0.1, -0.05) is 36.4 Å². The highest BCUT2D eigenvalue weighted by Crippen LogP contribution is 2.24. The second-order valence-electron chi connectivity index (χ2n) is 7.37. The van der Waals surface area contributed by atoms with Crippen LogP contribution in [0.15, 0.2) is 47.5 Å². The second kappa shape index (κ2) is 9.60. The molecule has 0 bridgehead atoms. The van der Waals surface area contributed by atoms with Gasteiger partial charge in [0.15, 0.2) is 5.96 Å². The zero-order valence-electron chi connectivity index (χ0n) is 16.7. The van der Waals surface area contributed by atoms with Crippen molar-refractivity contribution >= 4 is 16.7 Å². The first-order valence-corrected chi connectivity index (χ1v) is 9.99. The Kier molecular flexibility index (Phi) is 6.93. The number of aliphatic imine (C=N–C) groups is 1. The molecule has 3 rings (SSSR count). The van der Waals surface area contributed by atoms with Crippen LogP contribution in [0.1, 0.15) is 26.7 Å². The molecule has 0 aromatic heterocycles. The third kappa shape index (κ3) is 5.36. The molecule has 5 heteroatoms. The van der Waals surface area contributed by atoms with Crippen LogP contribution in [0, 0.1) is 0 Å². The molecule has 27 heavy (non-hydrogen) atoms. The topological polar surface area (TPSA) is 48.9 Å². The van der Waals surface area contributed by atoms with E-state index in [2.05, 4.69) is 58.6 Å². The smallest absolute Gasteiger partial charge is 0.191 e. The molecule has 0 aliphatic carbocycles. The number of hydrogen-bond donors (Lipinski definition) is 2. The minimum absolute atomic E-state index is 0.491. The van der Waals surface area contributed by atoms with E-state index in [0.717, 1.165) is 43.0 Å². The minimum Gasteiger partial charge on any atom is -0.491 e. The average molecular weight is 369 g/mol. The summed E-state index contributed by atoms with van der Waals surface area (Å²) in [5.74, 6) is 1.79. The third-order valence-corrected chi connectivity index (χ3v) is 5.23. The Morgan fingerprint density at radius 1 is 1.15 bits per heavy atom. The number of hydrogen-bond acceptors (Lipinski definition) is 3. The van der Waals surface area contributed by atoms with Crippen LogP contribution < -0.4 is 15.4 Å². The normalized spacial score (nSPS) is 16.7. The highest BCUT2D eigenvalue weighted by atomic mass is 16.5.